The molecule has 3 atom stereocenters. The average Bonchev–Trinajstić information content (AvgIpc) is 2.26. The van der Waals surface area contributed by atoms with Gasteiger partial charge in [-0.2, -0.15) is 0 Å². The van der Waals surface area contributed by atoms with Crippen LogP contribution in [-0.4, -0.2) is 49.8 Å². The van der Waals surface area contributed by atoms with Crippen molar-refractivity contribution in [1.29, 1.82) is 0 Å². The van der Waals surface area contributed by atoms with Crippen molar-refractivity contribution in [1.82, 2.24) is 10.2 Å². The van der Waals surface area contributed by atoms with Crippen LogP contribution in [0.1, 0.15) is 39.0 Å². The summed E-state index contributed by atoms with van der Waals surface area (Å²) in [6.07, 6.45) is 7.20. The van der Waals surface area contributed by atoms with Crippen LogP contribution in [0.4, 0.5) is 0 Å². The van der Waals surface area contributed by atoms with Crippen molar-refractivity contribution in [2.24, 2.45) is 0 Å². The molecular formula is C13H26N2O. The number of nitrogens with one attached hydrogen (secondary N) is 1. The van der Waals surface area contributed by atoms with Crippen molar-refractivity contribution in [3.05, 3.63) is 0 Å². The number of rotatable bonds is 4. The van der Waals surface area contributed by atoms with Gasteiger partial charge in [0.15, 0.2) is 0 Å². The molecule has 2 aliphatic heterocycles. The normalized spacial score (nSPS) is 37.3. The fourth-order valence-corrected chi connectivity index (χ4v) is 3.20. The molecule has 3 heteroatoms. The van der Waals surface area contributed by atoms with E-state index in [1.54, 1.807) is 7.11 Å². The molecule has 0 aromatic heterocycles. The van der Waals surface area contributed by atoms with Crippen LogP contribution in [0.5, 0.6) is 0 Å². The number of hydrogen-bond acceptors (Lipinski definition) is 3. The summed E-state index contributed by atoms with van der Waals surface area (Å²) in [6, 6.07) is 2.36. The first-order valence-electron chi connectivity index (χ1n) is 6.68. The fraction of sp³-hybridized carbons (Fsp3) is 1.00. The maximum Gasteiger partial charge on any atom is 0.0667 e. The van der Waals surface area contributed by atoms with Crippen LogP contribution in [0.2, 0.25) is 0 Å². The lowest BCUT2D eigenvalue weighted by Gasteiger charge is -2.47. The van der Waals surface area contributed by atoms with E-state index >= 15 is 0 Å². The van der Waals surface area contributed by atoms with Gasteiger partial charge in [0.2, 0.25) is 0 Å². The molecule has 0 aromatic rings. The number of methoxy groups -OCH3 is 1. The van der Waals surface area contributed by atoms with Crippen molar-refractivity contribution < 1.29 is 4.74 Å². The minimum atomic E-state index is 0.333. The van der Waals surface area contributed by atoms with Crippen molar-refractivity contribution in [3.8, 4) is 0 Å². The van der Waals surface area contributed by atoms with Gasteiger partial charge in [-0.25, -0.2) is 0 Å². The Balaban J connectivity index is 1.80. The van der Waals surface area contributed by atoms with E-state index < -0.39 is 0 Å². The largest absolute Gasteiger partial charge is 0.380 e. The summed E-state index contributed by atoms with van der Waals surface area (Å²) in [6.45, 7) is 3.12. The van der Waals surface area contributed by atoms with E-state index in [4.69, 9.17) is 4.74 Å². The predicted molar refractivity (Wildman–Crippen MR) is 66.7 cm³/mol. The molecule has 2 saturated heterocycles. The summed E-state index contributed by atoms with van der Waals surface area (Å²) in [4.78, 5) is 2.61. The lowest BCUT2D eigenvalue weighted by molar-refractivity contribution is 0.0425. The summed E-state index contributed by atoms with van der Waals surface area (Å²) in [5, 5.41) is 3.67. The third-order valence-electron chi connectivity index (χ3n) is 4.44. The van der Waals surface area contributed by atoms with Gasteiger partial charge in [0.1, 0.15) is 0 Å². The second kappa shape index (κ2) is 5.48. The quantitative estimate of drug-likeness (QED) is 0.788. The van der Waals surface area contributed by atoms with Gasteiger partial charge < -0.3 is 15.0 Å². The highest BCUT2D eigenvalue weighted by Gasteiger charge is 2.35. The standard InChI is InChI=1S/C13H26N2O/c1-10(16-3)9-14-11-7-12-5-4-6-13(8-11)15(12)2/h10-14H,4-9H2,1-3H3. The molecule has 3 unspecified atom stereocenters. The van der Waals surface area contributed by atoms with E-state index in [9.17, 15) is 0 Å². The van der Waals surface area contributed by atoms with Crippen LogP contribution in [0, 0.1) is 0 Å². The molecule has 2 heterocycles. The Labute approximate surface area is 99.5 Å². The maximum atomic E-state index is 5.28. The molecule has 0 aromatic carbocycles. The Bertz CT molecular complexity index is 208. The molecule has 16 heavy (non-hydrogen) atoms. The summed E-state index contributed by atoms with van der Waals surface area (Å²) in [5.74, 6) is 0. The summed E-state index contributed by atoms with van der Waals surface area (Å²) in [7, 11) is 4.10. The van der Waals surface area contributed by atoms with E-state index in [0.717, 1.165) is 18.6 Å². The van der Waals surface area contributed by atoms with Crippen LogP contribution in [-0.2, 0) is 4.74 Å². The van der Waals surface area contributed by atoms with E-state index in [0.29, 0.717) is 12.1 Å². The first-order chi connectivity index (χ1) is 7.70. The Kier molecular flexibility index (Phi) is 4.22. The van der Waals surface area contributed by atoms with Crippen molar-refractivity contribution in [2.45, 2.75) is 63.3 Å². The van der Waals surface area contributed by atoms with Gasteiger partial charge in [0, 0.05) is 31.8 Å². The summed E-state index contributed by atoms with van der Waals surface area (Å²) < 4.78 is 5.28. The number of piperidine rings is 2. The highest BCUT2D eigenvalue weighted by atomic mass is 16.5. The van der Waals surface area contributed by atoms with Crippen LogP contribution < -0.4 is 5.32 Å². The van der Waals surface area contributed by atoms with Crippen LogP contribution in [0.15, 0.2) is 0 Å². The first kappa shape index (κ1) is 12.3. The van der Waals surface area contributed by atoms with Crippen LogP contribution >= 0.6 is 0 Å². The smallest absolute Gasteiger partial charge is 0.0667 e. The lowest BCUT2D eigenvalue weighted by atomic mass is 9.82. The molecule has 0 radical (unpaired) electrons. The fourth-order valence-electron chi connectivity index (χ4n) is 3.20. The monoisotopic (exact) mass is 226 g/mol. The van der Waals surface area contributed by atoms with Gasteiger partial charge in [0.25, 0.3) is 0 Å². The molecule has 0 saturated carbocycles. The van der Waals surface area contributed by atoms with Crippen molar-refractivity contribution in [2.75, 3.05) is 20.7 Å². The molecule has 94 valence electrons. The zero-order chi connectivity index (χ0) is 11.5. The van der Waals surface area contributed by atoms with Gasteiger partial charge in [0.05, 0.1) is 6.10 Å². The minimum absolute atomic E-state index is 0.333. The molecular weight excluding hydrogens is 200 g/mol. The maximum absolute atomic E-state index is 5.28. The average molecular weight is 226 g/mol. The van der Waals surface area contributed by atoms with Gasteiger partial charge >= 0.3 is 0 Å². The second-order valence-electron chi connectivity index (χ2n) is 5.53. The lowest BCUT2D eigenvalue weighted by Crippen LogP contribution is -2.55. The van der Waals surface area contributed by atoms with E-state index in [1.165, 1.54) is 32.1 Å². The van der Waals surface area contributed by atoms with Crippen LogP contribution in [0.3, 0.4) is 0 Å². The Morgan fingerprint density at radius 2 is 1.94 bits per heavy atom. The van der Waals surface area contributed by atoms with Crippen molar-refractivity contribution >= 4 is 0 Å². The molecule has 3 nitrogen and oxygen atoms in total. The second-order valence-corrected chi connectivity index (χ2v) is 5.53. The highest BCUT2D eigenvalue weighted by molar-refractivity contribution is 4.93. The van der Waals surface area contributed by atoms with Gasteiger partial charge in [-0.15, -0.1) is 0 Å². The number of nitrogens with zero attached hydrogens (tertiary/aromatic N) is 1. The van der Waals surface area contributed by atoms with Gasteiger partial charge in [-0.3, -0.25) is 0 Å². The molecule has 0 amide bonds. The number of fused-ring (bicyclic) bond motifs is 2. The molecule has 2 bridgehead atoms. The minimum Gasteiger partial charge on any atom is -0.380 e. The third-order valence-corrected chi connectivity index (χ3v) is 4.44. The zero-order valence-electron chi connectivity index (χ0n) is 10.9. The Morgan fingerprint density at radius 3 is 2.50 bits per heavy atom. The predicted octanol–water partition coefficient (Wildman–Crippen LogP) is 1.63. The molecule has 0 aliphatic carbocycles. The van der Waals surface area contributed by atoms with Crippen molar-refractivity contribution in [3.63, 3.8) is 0 Å². The number of hydrogen-bond donors (Lipinski definition) is 1. The van der Waals surface area contributed by atoms with E-state index in [2.05, 4.69) is 24.2 Å². The first-order valence-corrected chi connectivity index (χ1v) is 6.68. The van der Waals surface area contributed by atoms with Crippen LogP contribution in [0.25, 0.3) is 0 Å². The van der Waals surface area contributed by atoms with Gasteiger partial charge in [-0.1, -0.05) is 6.42 Å². The third kappa shape index (κ3) is 2.76. The molecule has 1 N–H and O–H groups in total. The Hall–Kier alpha value is -0.120. The Morgan fingerprint density at radius 1 is 1.31 bits per heavy atom. The highest BCUT2D eigenvalue weighted by Crippen LogP contribution is 2.32. The van der Waals surface area contributed by atoms with E-state index in [-0.39, 0.29) is 0 Å². The topological polar surface area (TPSA) is 24.5 Å². The van der Waals surface area contributed by atoms with E-state index in [1.807, 2.05) is 0 Å². The molecule has 2 aliphatic rings. The SMILES string of the molecule is COC(C)CNC1CC2CCCC(C1)N2C. The summed E-state index contributed by atoms with van der Waals surface area (Å²) in [5.41, 5.74) is 0. The molecule has 2 fully saturated rings. The number of ether oxygens (including phenoxy) is 1. The summed E-state index contributed by atoms with van der Waals surface area (Å²) >= 11 is 0. The van der Waals surface area contributed by atoms with Gasteiger partial charge in [-0.05, 0) is 39.7 Å². The molecule has 2 rings (SSSR count). The molecule has 0 spiro atoms. The zero-order valence-corrected chi connectivity index (χ0v) is 10.9.